The fourth-order valence-electron chi connectivity index (χ4n) is 2.51. The second kappa shape index (κ2) is 6.53. The minimum atomic E-state index is -0.591. The number of nitro benzene ring substituents is 1. The van der Waals surface area contributed by atoms with Crippen LogP contribution in [-0.4, -0.2) is 42.4 Å². The molecule has 0 saturated carbocycles. The minimum absolute atomic E-state index is 0.0343. The quantitative estimate of drug-likeness (QED) is 0.631. The van der Waals surface area contributed by atoms with Gasteiger partial charge in [-0.15, -0.1) is 0 Å². The summed E-state index contributed by atoms with van der Waals surface area (Å²) < 4.78 is 0. The summed E-state index contributed by atoms with van der Waals surface area (Å²) in [6.07, 6.45) is 2.12. The Morgan fingerprint density at radius 3 is 2.71 bits per heavy atom. The first kappa shape index (κ1) is 15.2. The van der Waals surface area contributed by atoms with Crippen molar-refractivity contribution in [3.05, 3.63) is 33.9 Å². The van der Waals surface area contributed by atoms with Crippen LogP contribution in [0.4, 0.5) is 11.4 Å². The van der Waals surface area contributed by atoms with Crippen molar-refractivity contribution in [3.8, 4) is 0 Å². The molecule has 1 fully saturated rings. The summed E-state index contributed by atoms with van der Waals surface area (Å²) in [6.45, 7) is 2.74. The molecule has 2 rings (SSSR count). The second-order valence-electron chi connectivity index (χ2n) is 5.48. The summed E-state index contributed by atoms with van der Waals surface area (Å²) in [5.74, 6) is -0.106. The zero-order chi connectivity index (χ0) is 15.4. The number of amides is 1. The summed E-state index contributed by atoms with van der Waals surface area (Å²) in [5, 5.41) is 14.1. The molecule has 0 bridgehead atoms. The van der Waals surface area contributed by atoms with Crippen LogP contribution in [0, 0.1) is 16.0 Å². The highest BCUT2D eigenvalue weighted by molar-refractivity contribution is 5.94. The molecule has 0 aliphatic carbocycles. The van der Waals surface area contributed by atoms with Crippen LogP contribution >= 0.6 is 0 Å². The van der Waals surface area contributed by atoms with Gasteiger partial charge in [0, 0.05) is 18.2 Å². The van der Waals surface area contributed by atoms with Crippen LogP contribution in [0.2, 0.25) is 0 Å². The summed E-state index contributed by atoms with van der Waals surface area (Å²) in [7, 11) is 2.09. The maximum Gasteiger partial charge on any atom is 0.292 e. The van der Waals surface area contributed by atoms with E-state index in [1.165, 1.54) is 18.2 Å². The summed E-state index contributed by atoms with van der Waals surface area (Å²) >= 11 is 0. The van der Waals surface area contributed by atoms with Gasteiger partial charge in [-0.1, -0.05) is 0 Å². The van der Waals surface area contributed by atoms with E-state index in [9.17, 15) is 14.9 Å². The number of hydrogen-bond donors (Lipinski definition) is 2. The molecule has 7 nitrogen and oxygen atoms in total. The molecule has 1 aliphatic rings. The molecule has 1 aromatic carbocycles. The van der Waals surface area contributed by atoms with Crippen LogP contribution in [0.25, 0.3) is 0 Å². The van der Waals surface area contributed by atoms with Crippen LogP contribution in [0.5, 0.6) is 0 Å². The third-order valence-electron chi connectivity index (χ3n) is 3.90. The van der Waals surface area contributed by atoms with Crippen molar-refractivity contribution in [2.24, 2.45) is 11.7 Å². The van der Waals surface area contributed by atoms with Gasteiger partial charge in [-0.25, -0.2) is 0 Å². The Kier molecular flexibility index (Phi) is 4.74. The van der Waals surface area contributed by atoms with E-state index in [2.05, 4.69) is 17.3 Å². The van der Waals surface area contributed by atoms with E-state index in [1.807, 2.05) is 0 Å². The van der Waals surface area contributed by atoms with E-state index in [1.54, 1.807) is 0 Å². The maximum absolute atomic E-state index is 11.2. The number of piperidine rings is 1. The van der Waals surface area contributed by atoms with Crippen molar-refractivity contribution >= 4 is 17.3 Å². The van der Waals surface area contributed by atoms with Gasteiger partial charge in [0.25, 0.3) is 5.69 Å². The number of benzene rings is 1. The molecule has 114 valence electrons. The van der Waals surface area contributed by atoms with Crippen molar-refractivity contribution in [2.75, 3.05) is 32.0 Å². The van der Waals surface area contributed by atoms with Crippen LogP contribution < -0.4 is 11.1 Å². The van der Waals surface area contributed by atoms with Crippen molar-refractivity contribution in [1.29, 1.82) is 0 Å². The lowest BCUT2D eigenvalue weighted by Gasteiger charge is -2.29. The van der Waals surface area contributed by atoms with Crippen LogP contribution in [0.3, 0.4) is 0 Å². The highest BCUT2D eigenvalue weighted by atomic mass is 16.6. The number of hydrogen-bond acceptors (Lipinski definition) is 5. The number of carbonyl (C=O) groups is 1. The van der Waals surface area contributed by atoms with E-state index >= 15 is 0 Å². The Balaban J connectivity index is 2.08. The summed E-state index contributed by atoms with van der Waals surface area (Å²) in [4.78, 5) is 24.0. The lowest BCUT2D eigenvalue weighted by atomic mass is 9.97. The number of nitrogens with two attached hydrogens (primary N) is 1. The van der Waals surface area contributed by atoms with Crippen molar-refractivity contribution in [1.82, 2.24) is 4.90 Å². The molecular weight excluding hydrogens is 272 g/mol. The molecule has 1 aromatic rings. The largest absolute Gasteiger partial charge is 0.379 e. The second-order valence-corrected chi connectivity index (χ2v) is 5.48. The van der Waals surface area contributed by atoms with Gasteiger partial charge in [-0.05, 0) is 51.0 Å². The molecule has 0 spiro atoms. The Bertz CT molecular complexity index is 539. The monoisotopic (exact) mass is 292 g/mol. The van der Waals surface area contributed by atoms with Crippen LogP contribution in [0.1, 0.15) is 23.2 Å². The number of nitrogens with one attached hydrogen (secondary N) is 1. The Hall–Kier alpha value is -2.15. The Labute approximate surface area is 123 Å². The molecule has 3 N–H and O–H groups in total. The first-order valence-corrected chi connectivity index (χ1v) is 6.98. The first-order chi connectivity index (χ1) is 9.97. The molecule has 0 atom stereocenters. The lowest BCUT2D eigenvalue weighted by molar-refractivity contribution is -0.384. The highest BCUT2D eigenvalue weighted by Crippen LogP contribution is 2.26. The van der Waals surface area contributed by atoms with E-state index < -0.39 is 10.8 Å². The van der Waals surface area contributed by atoms with Crippen LogP contribution in [0.15, 0.2) is 18.2 Å². The van der Waals surface area contributed by atoms with Gasteiger partial charge in [-0.3, -0.25) is 14.9 Å². The van der Waals surface area contributed by atoms with Gasteiger partial charge in [0.2, 0.25) is 5.91 Å². The molecule has 7 heteroatoms. The fraction of sp³-hybridized carbons (Fsp3) is 0.500. The lowest BCUT2D eigenvalue weighted by Crippen LogP contribution is -2.33. The smallest absolute Gasteiger partial charge is 0.292 e. The van der Waals surface area contributed by atoms with Crippen molar-refractivity contribution in [2.45, 2.75) is 12.8 Å². The van der Waals surface area contributed by atoms with Gasteiger partial charge in [0.15, 0.2) is 0 Å². The molecule has 21 heavy (non-hydrogen) atoms. The number of likely N-dealkylation sites (tertiary alicyclic amines) is 1. The molecule has 1 saturated heterocycles. The topological polar surface area (TPSA) is 102 Å². The van der Waals surface area contributed by atoms with Crippen molar-refractivity contribution in [3.63, 3.8) is 0 Å². The third-order valence-corrected chi connectivity index (χ3v) is 3.90. The zero-order valence-corrected chi connectivity index (χ0v) is 12.0. The number of nitrogens with zero attached hydrogens (tertiary/aromatic N) is 2. The first-order valence-electron chi connectivity index (χ1n) is 6.98. The number of primary amides is 1. The highest BCUT2D eigenvalue weighted by Gasteiger charge is 2.19. The molecule has 1 aliphatic heterocycles. The Morgan fingerprint density at radius 2 is 2.14 bits per heavy atom. The Morgan fingerprint density at radius 1 is 1.48 bits per heavy atom. The van der Waals surface area contributed by atoms with E-state index in [4.69, 9.17) is 5.73 Å². The fourth-order valence-corrected chi connectivity index (χ4v) is 2.51. The normalized spacial score (nSPS) is 16.6. The van der Waals surface area contributed by atoms with Crippen molar-refractivity contribution < 1.29 is 9.72 Å². The SMILES string of the molecule is CN1CCC(CNc2cc(C(N)=O)ccc2[N+](=O)[O-])CC1. The van der Waals surface area contributed by atoms with E-state index in [0.717, 1.165) is 25.9 Å². The average molecular weight is 292 g/mol. The maximum atomic E-state index is 11.2. The van der Waals surface area contributed by atoms with Gasteiger partial charge < -0.3 is 16.0 Å². The molecule has 1 amide bonds. The standard InChI is InChI=1S/C14H20N4O3/c1-17-6-4-10(5-7-17)9-16-12-8-11(14(15)19)2-3-13(12)18(20)21/h2-3,8,10,16H,4-7,9H2,1H3,(H2,15,19). The molecular formula is C14H20N4O3. The van der Waals surface area contributed by atoms with E-state index in [-0.39, 0.29) is 11.3 Å². The molecule has 1 heterocycles. The molecule has 0 aromatic heterocycles. The summed E-state index contributed by atoms with van der Waals surface area (Å²) in [6, 6.07) is 4.15. The zero-order valence-electron chi connectivity index (χ0n) is 12.0. The summed E-state index contributed by atoms with van der Waals surface area (Å²) in [5.41, 5.74) is 5.81. The predicted octanol–water partition coefficient (Wildman–Crippen LogP) is 1.45. The van der Waals surface area contributed by atoms with Crippen LogP contribution in [-0.2, 0) is 0 Å². The third kappa shape index (κ3) is 3.91. The average Bonchev–Trinajstić information content (AvgIpc) is 2.46. The number of carbonyl (C=O) groups excluding carboxylic acids is 1. The molecule has 0 radical (unpaired) electrons. The predicted molar refractivity (Wildman–Crippen MR) is 80.3 cm³/mol. The number of anilines is 1. The van der Waals surface area contributed by atoms with Gasteiger partial charge >= 0.3 is 0 Å². The van der Waals surface area contributed by atoms with Gasteiger partial charge in [0.05, 0.1) is 4.92 Å². The number of nitro groups is 1. The molecule has 0 unspecified atom stereocenters. The van der Waals surface area contributed by atoms with Gasteiger partial charge in [0.1, 0.15) is 5.69 Å². The van der Waals surface area contributed by atoms with E-state index in [0.29, 0.717) is 18.2 Å². The van der Waals surface area contributed by atoms with Gasteiger partial charge in [-0.2, -0.15) is 0 Å². The number of rotatable bonds is 5. The minimum Gasteiger partial charge on any atom is -0.379 e.